The van der Waals surface area contributed by atoms with Crippen LogP contribution in [0.4, 0.5) is 0 Å². The maximum atomic E-state index is 12.8. The van der Waals surface area contributed by atoms with Crippen molar-refractivity contribution >= 4 is 24.3 Å². The van der Waals surface area contributed by atoms with E-state index in [-0.39, 0.29) is 35.1 Å². The zero-order valence-electron chi connectivity index (χ0n) is 17.9. The van der Waals surface area contributed by atoms with Crippen molar-refractivity contribution in [2.24, 2.45) is 5.92 Å². The van der Waals surface area contributed by atoms with Gasteiger partial charge < -0.3 is 0 Å². The maximum Gasteiger partial charge on any atom is 0.176 e. The number of ketones is 1. The number of nitrogens with zero attached hydrogens (tertiary/aromatic N) is 1. The summed E-state index contributed by atoms with van der Waals surface area (Å²) in [5.41, 5.74) is 5.00. The van der Waals surface area contributed by atoms with Crippen molar-refractivity contribution in [2.75, 3.05) is 14.1 Å². The molecule has 0 aromatic heterocycles. The van der Waals surface area contributed by atoms with E-state index in [4.69, 9.17) is 0 Å². The Morgan fingerprint density at radius 1 is 1.04 bits per heavy atom. The number of benzene rings is 1. The Hall–Kier alpha value is -1.12. The quantitative estimate of drug-likeness (QED) is 0.623. The van der Waals surface area contributed by atoms with Crippen molar-refractivity contribution < 1.29 is 4.79 Å². The third kappa shape index (κ3) is 4.78. The van der Waals surface area contributed by atoms with Crippen LogP contribution in [0.5, 0.6) is 0 Å². The predicted molar refractivity (Wildman–Crippen MR) is 115 cm³/mol. The molecule has 1 aliphatic rings. The van der Waals surface area contributed by atoms with Crippen LogP contribution in [0.2, 0.25) is 0 Å². The van der Waals surface area contributed by atoms with Crippen LogP contribution in [0.25, 0.3) is 6.08 Å². The third-order valence-electron chi connectivity index (χ3n) is 5.36. The summed E-state index contributed by atoms with van der Waals surface area (Å²) < 4.78 is 0. The van der Waals surface area contributed by atoms with Gasteiger partial charge in [-0.1, -0.05) is 66.7 Å². The minimum Gasteiger partial charge on any atom is -0.299 e. The topological polar surface area (TPSA) is 20.3 Å². The highest BCUT2D eigenvalue weighted by Crippen LogP contribution is 2.36. The van der Waals surface area contributed by atoms with Crippen molar-refractivity contribution in [3.8, 4) is 0 Å². The Balaban J connectivity index is 0.00000338. The smallest absolute Gasteiger partial charge is 0.176 e. The zero-order chi connectivity index (χ0) is 19.2. The lowest BCUT2D eigenvalue weighted by Gasteiger charge is -2.27. The average molecular weight is 378 g/mol. The van der Waals surface area contributed by atoms with E-state index in [0.717, 1.165) is 12.0 Å². The summed E-state index contributed by atoms with van der Waals surface area (Å²) in [6.45, 7) is 15.7. The highest BCUT2D eigenvalue weighted by molar-refractivity contribution is 6.05. The van der Waals surface area contributed by atoms with Crippen LogP contribution in [0.3, 0.4) is 0 Å². The second kappa shape index (κ2) is 7.86. The van der Waals surface area contributed by atoms with Crippen molar-refractivity contribution in [3.05, 3.63) is 40.5 Å². The predicted octanol–water partition coefficient (Wildman–Crippen LogP) is 5.63. The van der Waals surface area contributed by atoms with Gasteiger partial charge in [-0.05, 0) is 60.0 Å². The molecule has 146 valence electrons. The number of Topliss-reactive ketones (excluding diaryl/α,β-unsaturated/α-hetero) is 1. The van der Waals surface area contributed by atoms with Crippen molar-refractivity contribution in [2.45, 2.75) is 71.8 Å². The highest BCUT2D eigenvalue weighted by atomic mass is 35.5. The molecule has 1 aliphatic carbocycles. The van der Waals surface area contributed by atoms with Crippen LogP contribution in [-0.2, 0) is 15.6 Å². The van der Waals surface area contributed by atoms with Gasteiger partial charge in [0.15, 0.2) is 5.78 Å². The molecule has 2 unspecified atom stereocenters. The summed E-state index contributed by atoms with van der Waals surface area (Å²) in [6.07, 6.45) is 3.08. The number of rotatable bonds is 2. The number of halogens is 1. The van der Waals surface area contributed by atoms with Gasteiger partial charge in [-0.15, -0.1) is 12.4 Å². The molecule has 1 fully saturated rings. The number of carbonyl (C=O) groups excluding carboxylic acids is 1. The van der Waals surface area contributed by atoms with E-state index in [1.54, 1.807) is 0 Å². The normalized spacial score (nSPS) is 22.8. The molecule has 0 N–H and O–H groups in total. The summed E-state index contributed by atoms with van der Waals surface area (Å²) in [5.74, 6) is 0.604. The van der Waals surface area contributed by atoms with Crippen molar-refractivity contribution in [1.82, 2.24) is 4.90 Å². The number of hydrogen-bond acceptors (Lipinski definition) is 2. The van der Waals surface area contributed by atoms with Gasteiger partial charge in [0.1, 0.15) is 0 Å². The van der Waals surface area contributed by atoms with Crippen molar-refractivity contribution in [3.63, 3.8) is 0 Å². The molecule has 0 heterocycles. The van der Waals surface area contributed by atoms with E-state index < -0.39 is 0 Å². The first-order valence-electron chi connectivity index (χ1n) is 9.39. The number of carbonyl (C=O) groups is 1. The van der Waals surface area contributed by atoms with Gasteiger partial charge in [-0.3, -0.25) is 9.69 Å². The van der Waals surface area contributed by atoms with Gasteiger partial charge in [-0.2, -0.15) is 0 Å². The summed E-state index contributed by atoms with van der Waals surface area (Å²) in [7, 11) is 3.99. The maximum absolute atomic E-state index is 12.8. The van der Waals surface area contributed by atoms with Crippen LogP contribution in [-0.4, -0.2) is 30.8 Å². The molecule has 2 atom stereocenters. The van der Waals surface area contributed by atoms with Crippen LogP contribution in [0, 0.1) is 5.92 Å². The fourth-order valence-electron chi connectivity index (χ4n) is 3.63. The SMILES string of the molecule is CC1CC(N(C)C)C(=O)C1=Cc1ccc(C(C)(C)C)cc1C(C)(C)C.Cl. The zero-order valence-corrected chi connectivity index (χ0v) is 18.8. The second-order valence-electron chi connectivity index (χ2n) is 9.88. The van der Waals surface area contributed by atoms with Crippen LogP contribution < -0.4 is 0 Å². The molecule has 0 amide bonds. The first kappa shape index (κ1) is 22.9. The molecule has 26 heavy (non-hydrogen) atoms. The summed E-state index contributed by atoms with van der Waals surface area (Å²) in [6, 6.07) is 6.78. The van der Waals surface area contributed by atoms with E-state index in [1.165, 1.54) is 16.7 Å². The van der Waals surface area contributed by atoms with Gasteiger partial charge in [0.05, 0.1) is 6.04 Å². The largest absolute Gasteiger partial charge is 0.299 e. The molecular formula is C23H36ClNO. The molecule has 0 saturated heterocycles. The molecule has 1 aromatic carbocycles. The number of likely N-dealkylation sites (N-methyl/N-ethyl adjacent to an activating group) is 1. The Morgan fingerprint density at radius 2 is 1.62 bits per heavy atom. The standard InChI is InChI=1S/C23H35NO.ClH/c1-15-12-20(24(8)9)21(25)18(15)13-16-10-11-17(22(2,3)4)14-19(16)23(5,6)7;/h10-11,13-15,20H,12H2,1-9H3;1H. The Morgan fingerprint density at radius 3 is 2.04 bits per heavy atom. The average Bonchev–Trinajstić information content (AvgIpc) is 2.73. The fourth-order valence-corrected chi connectivity index (χ4v) is 3.63. The molecule has 0 aliphatic heterocycles. The molecule has 0 radical (unpaired) electrons. The van der Waals surface area contributed by atoms with E-state index >= 15 is 0 Å². The van der Waals surface area contributed by atoms with Crippen molar-refractivity contribution in [1.29, 1.82) is 0 Å². The van der Waals surface area contributed by atoms with E-state index in [2.05, 4.69) is 72.7 Å². The minimum absolute atomic E-state index is 0. The monoisotopic (exact) mass is 377 g/mol. The molecule has 2 rings (SSSR count). The van der Waals surface area contributed by atoms with Gasteiger partial charge in [0.25, 0.3) is 0 Å². The van der Waals surface area contributed by atoms with Gasteiger partial charge in [-0.25, -0.2) is 0 Å². The lowest BCUT2D eigenvalue weighted by atomic mass is 9.78. The Kier molecular flexibility index (Phi) is 6.93. The van der Waals surface area contributed by atoms with Crippen LogP contribution in [0.15, 0.2) is 23.8 Å². The minimum atomic E-state index is 0. The first-order chi connectivity index (χ1) is 11.3. The lowest BCUT2D eigenvalue weighted by Crippen LogP contribution is -2.31. The Labute approximate surface area is 166 Å². The molecular weight excluding hydrogens is 342 g/mol. The van der Waals surface area contributed by atoms with E-state index in [1.807, 2.05) is 19.0 Å². The van der Waals surface area contributed by atoms with Crippen LogP contribution in [0.1, 0.15) is 71.6 Å². The molecule has 0 bridgehead atoms. The third-order valence-corrected chi connectivity index (χ3v) is 5.36. The molecule has 3 heteroatoms. The van der Waals surface area contributed by atoms with E-state index in [9.17, 15) is 4.79 Å². The molecule has 0 spiro atoms. The summed E-state index contributed by atoms with van der Waals surface area (Å²) >= 11 is 0. The summed E-state index contributed by atoms with van der Waals surface area (Å²) in [4.78, 5) is 14.9. The van der Waals surface area contributed by atoms with Gasteiger partial charge in [0.2, 0.25) is 0 Å². The number of hydrogen-bond donors (Lipinski definition) is 0. The van der Waals surface area contributed by atoms with E-state index in [0.29, 0.717) is 5.92 Å². The molecule has 1 aromatic rings. The summed E-state index contributed by atoms with van der Waals surface area (Å²) in [5, 5.41) is 0. The first-order valence-corrected chi connectivity index (χ1v) is 9.39. The molecule has 2 nitrogen and oxygen atoms in total. The second-order valence-corrected chi connectivity index (χ2v) is 9.88. The van der Waals surface area contributed by atoms with Gasteiger partial charge in [0, 0.05) is 5.57 Å². The highest BCUT2D eigenvalue weighted by Gasteiger charge is 2.36. The molecule has 1 saturated carbocycles. The lowest BCUT2D eigenvalue weighted by molar-refractivity contribution is -0.118. The van der Waals surface area contributed by atoms with Crippen LogP contribution >= 0.6 is 12.4 Å². The Bertz CT molecular complexity index is 689. The fraction of sp³-hybridized carbons (Fsp3) is 0.609. The van der Waals surface area contributed by atoms with Gasteiger partial charge >= 0.3 is 0 Å².